The van der Waals surface area contributed by atoms with Gasteiger partial charge >= 0.3 is 5.97 Å². The van der Waals surface area contributed by atoms with Gasteiger partial charge in [-0.25, -0.2) is 9.78 Å². The minimum absolute atomic E-state index is 0.380. The first-order chi connectivity index (χ1) is 11.6. The summed E-state index contributed by atoms with van der Waals surface area (Å²) in [5.41, 5.74) is 6.68. The number of nitrogens with one attached hydrogen (secondary N) is 1. The Morgan fingerprint density at radius 3 is 2.67 bits per heavy atom. The zero-order chi connectivity index (χ0) is 17.4. The predicted molar refractivity (Wildman–Crippen MR) is 89.8 cm³/mol. The van der Waals surface area contributed by atoms with Crippen LogP contribution in [0.25, 0.3) is 0 Å². The highest BCUT2D eigenvalue weighted by molar-refractivity contribution is 5.89. The van der Waals surface area contributed by atoms with E-state index in [1.807, 2.05) is 0 Å². The number of ether oxygens (including phenoxy) is 2. The number of pyridine rings is 1. The molecule has 24 heavy (non-hydrogen) atoms. The van der Waals surface area contributed by atoms with Crippen molar-refractivity contribution in [3.8, 4) is 5.75 Å². The molecule has 0 aliphatic heterocycles. The second kappa shape index (κ2) is 8.85. The standard InChI is InChI=1S/C17H21N3O4/c1-23-17(22)12-2-5-14(6-3-12)24-9-8-19-11-15(21)13-4-7-16(18)20-10-13/h2-7,10,15,19,21H,8-9,11H2,1H3,(H2,18,20). The van der Waals surface area contributed by atoms with Crippen molar-refractivity contribution in [3.63, 3.8) is 0 Å². The van der Waals surface area contributed by atoms with E-state index in [0.717, 1.165) is 0 Å². The number of carbonyl (C=O) groups excluding carboxylic acids is 1. The predicted octanol–water partition coefficient (Wildman–Crippen LogP) is 1.15. The van der Waals surface area contributed by atoms with Crippen molar-refractivity contribution >= 4 is 11.8 Å². The number of nitrogen functional groups attached to an aromatic ring is 1. The molecule has 0 saturated heterocycles. The van der Waals surface area contributed by atoms with E-state index in [1.165, 1.54) is 7.11 Å². The normalized spacial score (nSPS) is 11.8. The molecule has 1 atom stereocenters. The van der Waals surface area contributed by atoms with Gasteiger partial charge in [0.2, 0.25) is 0 Å². The number of benzene rings is 1. The minimum Gasteiger partial charge on any atom is -0.492 e. The van der Waals surface area contributed by atoms with Crippen LogP contribution in [-0.2, 0) is 4.74 Å². The molecule has 7 nitrogen and oxygen atoms in total. The molecule has 0 spiro atoms. The molecule has 1 heterocycles. The van der Waals surface area contributed by atoms with Gasteiger partial charge in [0.25, 0.3) is 0 Å². The zero-order valence-electron chi connectivity index (χ0n) is 13.4. The highest BCUT2D eigenvalue weighted by atomic mass is 16.5. The molecular weight excluding hydrogens is 310 g/mol. The van der Waals surface area contributed by atoms with Gasteiger partial charge < -0.3 is 25.6 Å². The van der Waals surface area contributed by atoms with Crippen LogP contribution in [0.4, 0.5) is 5.82 Å². The number of anilines is 1. The molecule has 2 rings (SSSR count). The number of nitrogens with zero attached hydrogens (tertiary/aromatic N) is 1. The van der Waals surface area contributed by atoms with Crippen LogP contribution in [0.5, 0.6) is 5.75 Å². The lowest BCUT2D eigenvalue weighted by Crippen LogP contribution is -2.26. The SMILES string of the molecule is COC(=O)c1ccc(OCCNCC(O)c2ccc(N)nc2)cc1. The summed E-state index contributed by atoms with van der Waals surface area (Å²) in [6.45, 7) is 1.39. The van der Waals surface area contributed by atoms with Gasteiger partial charge in [-0.05, 0) is 30.3 Å². The summed E-state index contributed by atoms with van der Waals surface area (Å²) in [6.07, 6.45) is 0.901. The molecule has 2 aromatic rings. The van der Waals surface area contributed by atoms with Crippen molar-refractivity contribution in [2.24, 2.45) is 0 Å². The fourth-order valence-electron chi connectivity index (χ4n) is 2.02. The summed E-state index contributed by atoms with van der Waals surface area (Å²) >= 11 is 0. The average Bonchev–Trinajstić information content (AvgIpc) is 2.61. The van der Waals surface area contributed by atoms with E-state index in [4.69, 9.17) is 10.5 Å². The Kier molecular flexibility index (Phi) is 6.53. The third-order valence-corrected chi connectivity index (χ3v) is 3.35. The molecule has 0 bridgehead atoms. The maximum absolute atomic E-state index is 11.3. The van der Waals surface area contributed by atoms with Crippen LogP contribution in [0.2, 0.25) is 0 Å². The monoisotopic (exact) mass is 331 g/mol. The molecule has 128 valence electrons. The molecule has 0 saturated carbocycles. The van der Waals surface area contributed by atoms with Crippen molar-refractivity contribution < 1.29 is 19.4 Å². The maximum Gasteiger partial charge on any atom is 0.337 e. The molecule has 0 amide bonds. The van der Waals surface area contributed by atoms with Crippen LogP contribution in [0, 0.1) is 0 Å². The molecule has 7 heteroatoms. The van der Waals surface area contributed by atoms with Gasteiger partial charge in [0.05, 0.1) is 18.8 Å². The van der Waals surface area contributed by atoms with Crippen molar-refractivity contribution in [1.29, 1.82) is 0 Å². The van der Waals surface area contributed by atoms with E-state index in [9.17, 15) is 9.90 Å². The first-order valence-electron chi connectivity index (χ1n) is 7.51. The van der Waals surface area contributed by atoms with Crippen LogP contribution in [-0.4, -0.2) is 42.9 Å². The number of carbonyl (C=O) groups is 1. The van der Waals surface area contributed by atoms with Crippen LogP contribution in [0.1, 0.15) is 22.0 Å². The van der Waals surface area contributed by atoms with Gasteiger partial charge in [0.15, 0.2) is 0 Å². The molecule has 0 fully saturated rings. The molecule has 4 N–H and O–H groups in total. The van der Waals surface area contributed by atoms with Crippen molar-refractivity contribution in [1.82, 2.24) is 10.3 Å². The highest BCUT2D eigenvalue weighted by Crippen LogP contribution is 2.13. The van der Waals surface area contributed by atoms with Crippen LogP contribution in [0.3, 0.4) is 0 Å². The van der Waals surface area contributed by atoms with Crippen LogP contribution in [0.15, 0.2) is 42.6 Å². The van der Waals surface area contributed by atoms with Gasteiger partial charge in [0, 0.05) is 24.8 Å². The average molecular weight is 331 g/mol. The summed E-state index contributed by atoms with van der Waals surface area (Å²) in [5, 5.41) is 13.1. The summed E-state index contributed by atoms with van der Waals surface area (Å²) < 4.78 is 10.2. The summed E-state index contributed by atoms with van der Waals surface area (Å²) in [7, 11) is 1.34. The van der Waals surface area contributed by atoms with Crippen molar-refractivity contribution in [2.75, 3.05) is 32.5 Å². The smallest absolute Gasteiger partial charge is 0.337 e. The molecule has 0 radical (unpaired) electrons. The molecule has 0 aliphatic carbocycles. The van der Waals surface area contributed by atoms with Gasteiger partial charge in [0.1, 0.15) is 18.2 Å². The summed E-state index contributed by atoms with van der Waals surface area (Å²) in [4.78, 5) is 15.3. The Hall–Kier alpha value is -2.64. The summed E-state index contributed by atoms with van der Waals surface area (Å²) in [6, 6.07) is 10.1. The minimum atomic E-state index is -0.655. The largest absolute Gasteiger partial charge is 0.492 e. The van der Waals surface area contributed by atoms with Gasteiger partial charge in [-0.15, -0.1) is 0 Å². The van der Waals surface area contributed by atoms with E-state index in [2.05, 4.69) is 15.0 Å². The number of aliphatic hydroxyl groups excluding tert-OH is 1. The number of methoxy groups -OCH3 is 1. The number of aromatic nitrogens is 1. The number of nitrogens with two attached hydrogens (primary N) is 1. The van der Waals surface area contributed by atoms with E-state index in [-0.39, 0.29) is 5.97 Å². The zero-order valence-corrected chi connectivity index (χ0v) is 13.4. The number of hydrogen-bond donors (Lipinski definition) is 3. The van der Waals surface area contributed by atoms with Gasteiger partial charge in [-0.1, -0.05) is 6.07 Å². The van der Waals surface area contributed by atoms with E-state index < -0.39 is 6.10 Å². The number of aliphatic hydroxyl groups is 1. The maximum atomic E-state index is 11.3. The van der Waals surface area contributed by atoms with Crippen molar-refractivity contribution in [2.45, 2.75) is 6.10 Å². The number of rotatable bonds is 8. The molecule has 1 aromatic carbocycles. The first kappa shape index (κ1) is 17.7. The number of hydrogen-bond acceptors (Lipinski definition) is 7. The second-order valence-electron chi connectivity index (χ2n) is 5.10. The highest BCUT2D eigenvalue weighted by Gasteiger charge is 2.07. The topological polar surface area (TPSA) is 107 Å². The van der Waals surface area contributed by atoms with Crippen molar-refractivity contribution in [3.05, 3.63) is 53.7 Å². The Morgan fingerprint density at radius 2 is 2.04 bits per heavy atom. The third kappa shape index (κ3) is 5.22. The van der Waals surface area contributed by atoms with Gasteiger partial charge in [-0.2, -0.15) is 0 Å². The lowest BCUT2D eigenvalue weighted by molar-refractivity contribution is 0.0600. The van der Waals surface area contributed by atoms with E-state index in [0.29, 0.717) is 42.4 Å². The molecule has 0 aliphatic rings. The Bertz CT molecular complexity index is 644. The fraction of sp³-hybridized carbons (Fsp3) is 0.294. The van der Waals surface area contributed by atoms with Gasteiger partial charge in [-0.3, -0.25) is 0 Å². The summed E-state index contributed by atoms with van der Waals surface area (Å²) in [5.74, 6) is 0.702. The van der Waals surface area contributed by atoms with Crippen LogP contribution >= 0.6 is 0 Å². The Labute approximate surface area is 140 Å². The Morgan fingerprint density at radius 1 is 1.29 bits per heavy atom. The fourth-order valence-corrected chi connectivity index (χ4v) is 2.02. The van der Waals surface area contributed by atoms with Crippen LogP contribution < -0.4 is 15.8 Å². The third-order valence-electron chi connectivity index (χ3n) is 3.35. The number of esters is 1. The molecular formula is C17H21N3O4. The Balaban J connectivity index is 1.67. The lowest BCUT2D eigenvalue weighted by atomic mass is 10.1. The first-order valence-corrected chi connectivity index (χ1v) is 7.51. The van der Waals surface area contributed by atoms with E-state index in [1.54, 1.807) is 42.6 Å². The molecule has 1 unspecified atom stereocenters. The molecule has 1 aromatic heterocycles. The quantitative estimate of drug-likeness (QED) is 0.492. The second-order valence-corrected chi connectivity index (χ2v) is 5.10. The van der Waals surface area contributed by atoms with E-state index >= 15 is 0 Å². The lowest BCUT2D eigenvalue weighted by Gasteiger charge is -2.12.